The van der Waals surface area contributed by atoms with E-state index < -0.39 is 0 Å². The molecule has 1 aromatic rings. The number of aromatic hydroxyl groups is 1. The summed E-state index contributed by atoms with van der Waals surface area (Å²) in [7, 11) is 1.57. The first kappa shape index (κ1) is 12.8. The van der Waals surface area contributed by atoms with Crippen LogP contribution in [-0.2, 0) is 4.74 Å². The molecule has 3 heteroatoms. The molecule has 16 heavy (non-hydrogen) atoms. The van der Waals surface area contributed by atoms with Crippen LogP contribution in [0.3, 0.4) is 0 Å². The molecule has 0 radical (unpaired) electrons. The molecular formula is C13H20O3. The fourth-order valence-electron chi connectivity index (χ4n) is 1.39. The van der Waals surface area contributed by atoms with Crippen molar-refractivity contribution in [1.82, 2.24) is 0 Å². The molecule has 0 saturated carbocycles. The van der Waals surface area contributed by atoms with Gasteiger partial charge in [0.1, 0.15) is 0 Å². The summed E-state index contributed by atoms with van der Waals surface area (Å²) in [4.78, 5) is 0. The first-order valence-corrected chi connectivity index (χ1v) is 5.60. The number of ether oxygens (including phenoxy) is 2. The second-order valence-corrected chi connectivity index (χ2v) is 3.96. The maximum Gasteiger partial charge on any atom is 0.196 e. The van der Waals surface area contributed by atoms with Gasteiger partial charge in [-0.3, -0.25) is 0 Å². The average Bonchev–Trinajstić information content (AvgIpc) is 2.30. The molecule has 0 bridgehead atoms. The number of rotatable bonds is 5. The van der Waals surface area contributed by atoms with Gasteiger partial charge in [-0.1, -0.05) is 19.9 Å². The fourth-order valence-corrected chi connectivity index (χ4v) is 1.39. The zero-order valence-electron chi connectivity index (χ0n) is 10.4. The zero-order valence-corrected chi connectivity index (χ0v) is 10.4. The second kappa shape index (κ2) is 5.75. The number of methoxy groups -OCH3 is 1. The summed E-state index contributed by atoms with van der Waals surface area (Å²) in [6.45, 7) is 6.07. The van der Waals surface area contributed by atoms with E-state index in [1.165, 1.54) is 5.56 Å². The molecule has 0 aliphatic rings. The Morgan fingerprint density at radius 1 is 1.31 bits per heavy atom. The Morgan fingerprint density at radius 2 is 2.00 bits per heavy atom. The maximum atomic E-state index is 9.65. The van der Waals surface area contributed by atoms with Crippen molar-refractivity contribution in [3.63, 3.8) is 0 Å². The predicted molar refractivity (Wildman–Crippen MR) is 63.9 cm³/mol. The van der Waals surface area contributed by atoms with E-state index in [1.807, 2.05) is 12.1 Å². The van der Waals surface area contributed by atoms with Crippen LogP contribution in [0.1, 0.15) is 38.7 Å². The van der Waals surface area contributed by atoms with Crippen LogP contribution in [-0.4, -0.2) is 18.5 Å². The Hall–Kier alpha value is -1.22. The largest absolute Gasteiger partial charge is 0.504 e. The summed E-state index contributed by atoms with van der Waals surface area (Å²) in [5, 5.41) is 9.65. The molecule has 1 rings (SSSR count). The molecule has 0 fully saturated rings. The van der Waals surface area contributed by atoms with Gasteiger partial charge in [0.15, 0.2) is 17.8 Å². The lowest BCUT2D eigenvalue weighted by Gasteiger charge is -2.16. The van der Waals surface area contributed by atoms with Crippen LogP contribution in [0.25, 0.3) is 0 Å². The molecule has 0 aliphatic carbocycles. The van der Waals surface area contributed by atoms with E-state index in [-0.39, 0.29) is 12.0 Å². The SMILES string of the molecule is CCC(C)c1ccc(O)c(OC(C)OC)c1. The molecule has 0 amide bonds. The molecule has 3 nitrogen and oxygen atoms in total. The van der Waals surface area contributed by atoms with Crippen molar-refractivity contribution in [3.8, 4) is 11.5 Å². The molecule has 2 unspecified atom stereocenters. The van der Waals surface area contributed by atoms with E-state index in [2.05, 4.69) is 13.8 Å². The van der Waals surface area contributed by atoms with Crippen LogP contribution in [0, 0.1) is 0 Å². The highest BCUT2D eigenvalue weighted by molar-refractivity contribution is 5.42. The Balaban J connectivity index is 2.90. The lowest BCUT2D eigenvalue weighted by Crippen LogP contribution is -2.13. The van der Waals surface area contributed by atoms with Crippen LogP contribution in [0.15, 0.2) is 18.2 Å². The van der Waals surface area contributed by atoms with Gasteiger partial charge in [-0.25, -0.2) is 0 Å². The molecule has 0 saturated heterocycles. The molecule has 90 valence electrons. The number of phenolic OH excluding ortho intramolecular Hbond substituents is 1. The third-order valence-corrected chi connectivity index (χ3v) is 2.79. The van der Waals surface area contributed by atoms with E-state index in [4.69, 9.17) is 9.47 Å². The number of hydrogen-bond acceptors (Lipinski definition) is 3. The number of hydrogen-bond donors (Lipinski definition) is 1. The summed E-state index contributed by atoms with van der Waals surface area (Å²) >= 11 is 0. The van der Waals surface area contributed by atoms with Crippen molar-refractivity contribution in [2.75, 3.05) is 7.11 Å². The van der Waals surface area contributed by atoms with E-state index in [1.54, 1.807) is 20.1 Å². The van der Waals surface area contributed by atoms with Crippen molar-refractivity contribution < 1.29 is 14.6 Å². The first-order valence-electron chi connectivity index (χ1n) is 5.60. The lowest BCUT2D eigenvalue weighted by atomic mass is 9.98. The van der Waals surface area contributed by atoms with Gasteiger partial charge < -0.3 is 14.6 Å². The van der Waals surface area contributed by atoms with Crippen molar-refractivity contribution >= 4 is 0 Å². The van der Waals surface area contributed by atoms with Crippen LogP contribution >= 0.6 is 0 Å². The number of benzene rings is 1. The average molecular weight is 224 g/mol. The Labute approximate surface area is 97.0 Å². The van der Waals surface area contributed by atoms with Crippen molar-refractivity contribution in [2.45, 2.75) is 39.4 Å². The topological polar surface area (TPSA) is 38.7 Å². The predicted octanol–water partition coefficient (Wildman–Crippen LogP) is 3.28. The van der Waals surface area contributed by atoms with Crippen LogP contribution in [0.4, 0.5) is 0 Å². The molecule has 0 aromatic heterocycles. The highest BCUT2D eigenvalue weighted by Crippen LogP contribution is 2.31. The van der Waals surface area contributed by atoms with Crippen molar-refractivity contribution in [2.24, 2.45) is 0 Å². The Kier molecular flexibility index (Phi) is 4.62. The third kappa shape index (κ3) is 3.14. The molecule has 0 aliphatic heterocycles. The standard InChI is InChI=1S/C13H20O3/c1-5-9(2)11-6-7-12(14)13(8-11)16-10(3)15-4/h6-10,14H,5H2,1-4H3. The molecular weight excluding hydrogens is 204 g/mol. The van der Waals surface area contributed by atoms with Crippen LogP contribution in [0.2, 0.25) is 0 Å². The summed E-state index contributed by atoms with van der Waals surface area (Å²) in [6.07, 6.45) is 0.697. The van der Waals surface area contributed by atoms with Crippen molar-refractivity contribution in [3.05, 3.63) is 23.8 Å². The molecule has 2 atom stereocenters. The summed E-state index contributed by atoms with van der Waals surface area (Å²) in [5.74, 6) is 1.09. The highest BCUT2D eigenvalue weighted by Gasteiger charge is 2.10. The second-order valence-electron chi connectivity index (χ2n) is 3.96. The molecule has 0 spiro atoms. The normalized spacial score (nSPS) is 14.5. The lowest BCUT2D eigenvalue weighted by molar-refractivity contribution is -0.0396. The summed E-state index contributed by atoms with van der Waals surface area (Å²) < 4.78 is 10.5. The van der Waals surface area contributed by atoms with Gasteiger partial charge in [0.2, 0.25) is 0 Å². The Bertz CT molecular complexity index is 336. The fraction of sp³-hybridized carbons (Fsp3) is 0.538. The quantitative estimate of drug-likeness (QED) is 0.780. The minimum absolute atomic E-state index is 0.149. The van der Waals surface area contributed by atoms with Crippen LogP contribution in [0.5, 0.6) is 11.5 Å². The van der Waals surface area contributed by atoms with Gasteiger partial charge in [0, 0.05) is 7.11 Å². The third-order valence-electron chi connectivity index (χ3n) is 2.79. The van der Waals surface area contributed by atoms with Gasteiger partial charge in [0.25, 0.3) is 0 Å². The smallest absolute Gasteiger partial charge is 0.196 e. The van der Waals surface area contributed by atoms with E-state index in [0.717, 1.165) is 6.42 Å². The van der Waals surface area contributed by atoms with Gasteiger partial charge in [-0.15, -0.1) is 0 Å². The van der Waals surface area contributed by atoms with Crippen LogP contribution < -0.4 is 4.74 Å². The van der Waals surface area contributed by atoms with Gasteiger partial charge in [-0.2, -0.15) is 0 Å². The zero-order chi connectivity index (χ0) is 12.1. The number of phenols is 1. The summed E-state index contributed by atoms with van der Waals surface area (Å²) in [6, 6.07) is 5.46. The monoisotopic (exact) mass is 224 g/mol. The van der Waals surface area contributed by atoms with E-state index >= 15 is 0 Å². The van der Waals surface area contributed by atoms with E-state index in [0.29, 0.717) is 11.7 Å². The Morgan fingerprint density at radius 3 is 2.56 bits per heavy atom. The first-order chi connectivity index (χ1) is 7.58. The molecule has 1 aromatic carbocycles. The highest BCUT2D eigenvalue weighted by atomic mass is 16.7. The molecule has 0 heterocycles. The summed E-state index contributed by atoms with van der Waals surface area (Å²) in [5.41, 5.74) is 1.17. The van der Waals surface area contributed by atoms with Crippen molar-refractivity contribution in [1.29, 1.82) is 0 Å². The minimum atomic E-state index is -0.363. The van der Waals surface area contributed by atoms with Gasteiger partial charge >= 0.3 is 0 Å². The van der Waals surface area contributed by atoms with E-state index in [9.17, 15) is 5.11 Å². The minimum Gasteiger partial charge on any atom is -0.504 e. The molecule has 1 N–H and O–H groups in total. The van der Waals surface area contributed by atoms with Gasteiger partial charge in [0.05, 0.1) is 0 Å². The maximum absolute atomic E-state index is 9.65. The van der Waals surface area contributed by atoms with Gasteiger partial charge in [-0.05, 0) is 37.0 Å².